The van der Waals surface area contributed by atoms with Crippen LogP contribution in [0.3, 0.4) is 0 Å². The number of aliphatic imine (C=N–C) groups is 1. The first-order chi connectivity index (χ1) is 13.2. The third-order valence-electron chi connectivity index (χ3n) is 5.94. The minimum Gasteiger partial charge on any atom is -0.385 e. The van der Waals surface area contributed by atoms with Crippen molar-refractivity contribution in [3.8, 4) is 0 Å². The van der Waals surface area contributed by atoms with Crippen molar-refractivity contribution in [3.05, 3.63) is 11.1 Å². The van der Waals surface area contributed by atoms with Crippen molar-refractivity contribution in [2.24, 2.45) is 10.4 Å². The van der Waals surface area contributed by atoms with E-state index in [1.165, 1.54) is 49.4 Å². The molecule has 8 heteroatoms. The summed E-state index contributed by atoms with van der Waals surface area (Å²) < 4.78 is 5.33. The summed E-state index contributed by atoms with van der Waals surface area (Å²) in [7, 11) is 3.64. The molecular weight excluding hydrogens is 485 g/mol. The number of ether oxygens (including phenoxy) is 1. The molecule has 2 aliphatic rings. The molecule has 1 saturated heterocycles. The molecule has 0 radical (unpaired) electrons. The molecule has 28 heavy (non-hydrogen) atoms. The summed E-state index contributed by atoms with van der Waals surface area (Å²) in [4.78, 5) is 11.6. The summed E-state index contributed by atoms with van der Waals surface area (Å²) in [5.74, 6) is 0.897. The molecule has 1 aromatic heterocycles. The third-order valence-corrected chi connectivity index (χ3v) is 6.90. The van der Waals surface area contributed by atoms with Crippen molar-refractivity contribution < 1.29 is 4.74 Å². The van der Waals surface area contributed by atoms with Crippen LogP contribution in [-0.2, 0) is 11.2 Å². The van der Waals surface area contributed by atoms with Crippen LogP contribution in [0.5, 0.6) is 0 Å². The maximum Gasteiger partial charge on any atom is 0.191 e. The van der Waals surface area contributed by atoms with E-state index in [9.17, 15) is 0 Å². The molecule has 1 aliphatic heterocycles. The first-order valence-electron chi connectivity index (χ1n) is 10.4. The summed E-state index contributed by atoms with van der Waals surface area (Å²) >= 11 is 1.77. The van der Waals surface area contributed by atoms with Gasteiger partial charge in [0.15, 0.2) is 11.1 Å². The van der Waals surface area contributed by atoms with Crippen molar-refractivity contribution >= 4 is 46.4 Å². The molecule has 6 nitrogen and oxygen atoms in total. The lowest BCUT2D eigenvalue weighted by atomic mass is 9.83. The lowest BCUT2D eigenvalue weighted by Gasteiger charge is -2.29. The molecule has 3 rings (SSSR count). The Balaban J connectivity index is 0.00000280. The maximum absolute atomic E-state index is 5.33. The van der Waals surface area contributed by atoms with Crippen molar-refractivity contribution in [1.82, 2.24) is 15.6 Å². The van der Waals surface area contributed by atoms with E-state index in [1.54, 1.807) is 18.4 Å². The Hall–Kier alpha value is -0.610. The van der Waals surface area contributed by atoms with Gasteiger partial charge in [0.1, 0.15) is 0 Å². The van der Waals surface area contributed by atoms with Gasteiger partial charge in [-0.2, -0.15) is 0 Å². The third kappa shape index (κ3) is 6.73. The molecule has 160 valence electrons. The Labute approximate surface area is 190 Å². The monoisotopic (exact) mass is 521 g/mol. The van der Waals surface area contributed by atoms with Gasteiger partial charge in [0.05, 0.1) is 5.69 Å². The average molecular weight is 522 g/mol. The predicted molar refractivity (Wildman–Crippen MR) is 129 cm³/mol. The molecule has 0 unspecified atom stereocenters. The molecular formula is C20H36IN5OS. The van der Waals surface area contributed by atoms with E-state index in [-0.39, 0.29) is 24.0 Å². The Kier molecular flexibility index (Phi) is 10.3. The van der Waals surface area contributed by atoms with Crippen molar-refractivity contribution in [2.45, 2.75) is 51.4 Å². The predicted octanol–water partition coefficient (Wildman–Crippen LogP) is 3.67. The average Bonchev–Trinajstić information content (AvgIpc) is 3.44. The summed E-state index contributed by atoms with van der Waals surface area (Å²) in [6.45, 7) is 5.00. The van der Waals surface area contributed by atoms with E-state index in [4.69, 9.17) is 9.72 Å². The van der Waals surface area contributed by atoms with Gasteiger partial charge in [-0.1, -0.05) is 12.8 Å². The van der Waals surface area contributed by atoms with Gasteiger partial charge in [-0.25, -0.2) is 4.98 Å². The van der Waals surface area contributed by atoms with Crippen molar-refractivity contribution in [1.29, 1.82) is 0 Å². The van der Waals surface area contributed by atoms with Gasteiger partial charge in [-0.15, -0.1) is 35.3 Å². The molecule has 0 spiro atoms. The summed E-state index contributed by atoms with van der Waals surface area (Å²) in [6, 6.07) is 0. The second-order valence-corrected chi connectivity index (χ2v) is 8.70. The highest BCUT2D eigenvalue weighted by Crippen LogP contribution is 2.40. The van der Waals surface area contributed by atoms with E-state index >= 15 is 0 Å². The quantitative estimate of drug-likeness (QED) is 0.295. The molecule has 0 atom stereocenters. The largest absolute Gasteiger partial charge is 0.385 e. The van der Waals surface area contributed by atoms with E-state index in [0.29, 0.717) is 5.41 Å². The Morgan fingerprint density at radius 3 is 2.68 bits per heavy atom. The number of halogens is 1. The Bertz CT molecular complexity index is 597. The van der Waals surface area contributed by atoms with Crippen LogP contribution in [0.1, 0.15) is 50.6 Å². The summed E-state index contributed by atoms with van der Waals surface area (Å²) in [5, 5.41) is 10.4. The first-order valence-corrected chi connectivity index (χ1v) is 11.3. The standard InChI is InChI=1S/C20H35N5OS.HI/c1-21-18(23-16-20(10-14-26-2)8-3-4-9-20)22-11-7-17-15-27-19(24-17)25-12-5-6-13-25;/h15H,3-14,16H2,1-2H3,(H2,21,22,23);1H. The fourth-order valence-corrected chi connectivity index (χ4v) is 5.14. The van der Waals surface area contributed by atoms with Crippen LogP contribution in [0.15, 0.2) is 10.4 Å². The first kappa shape index (κ1) is 23.7. The van der Waals surface area contributed by atoms with Crippen molar-refractivity contribution in [2.75, 3.05) is 51.8 Å². The van der Waals surface area contributed by atoms with Gasteiger partial charge in [0.2, 0.25) is 0 Å². The fraction of sp³-hybridized carbons (Fsp3) is 0.800. The number of guanidine groups is 1. The number of anilines is 1. The second-order valence-electron chi connectivity index (χ2n) is 7.87. The second kappa shape index (κ2) is 12.2. The Morgan fingerprint density at radius 1 is 1.25 bits per heavy atom. The number of rotatable bonds is 9. The van der Waals surface area contributed by atoms with Crippen molar-refractivity contribution in [3.63, 3.8) is 0 Å². The number of thiazole rings is 1. The highest BCUT2D eigenvalue weighted by atomic mass is 127. The number of nitrogens with one attached hydrogen (secondary N) is 2. The smallest absolute Gasteiger partial charge is 0.191 e. The number of methoxy groups -OCH3 is 1. The zero-order valence-corrected chi connectivity index (χ0v) is 20.5. The molecule has 0 amide bonds. The normalized spacial score (nSPS) is 18.9. The van der Waals surface area contributed by atoms with Crippen LogP contribution >= 0.6 is 35.3 Å². The van der Waals surface area contributed by atoms with E-state index in [2.05, 4.69) is 25.9 Å². The molecule has 1 aromatic rings. The van der Waals surface area contributed by atoms with Crippen LogP contribution in [0.4, 0.5) is 5.13 Å². The van der Waals surface area contributed by atoms with Gasteiger partial charge in [0, 0.05) is 58.7 Å². The van der Waals surface area contributed by atoms with Gasteiger partial charge >= 0.3 is 0 Å². The van der Waals surface area contributed by atoms with Crippen LogP contribution in [0.25, 0.3) is 0 Å². The van der Waals surface area contributed by atoms with E-state index < -0.39 is 0 Å². The maximum atomic E-state index is 5.33. The summed E-state index contributed by atoms with van der Waals surface area (Å²) in [5.41, 5.74) is 1.55. The topological polar surface area (TPSA) is 61.8 Å². The molecule has 2 N–H and O–H groups in total. The van der Waals surface area contributed by atoms with Crippen LogP contribution in [0, 0.1) is 5.41 Å². The molecule has 1 aliphatic carbocycles. The molecule has 2 fully saturated rings. The van der Waals surface area contributed by atoms with Crippen LogP contribution in [0.2, 0.25) is 0 Å². The van der Waals surface area contributed by atoms with E-state index in [0.717, 1.165) is 51.6 Å². The van der Waals surface area contributed by atoms with Crippen LogP contribution < -0.4 is 15.5 Å². The minimum atomic E-state index is 0. The minimum absolute atomic E-state index is 0. The lowest BCUT2D eigenvalue weighted by Crippen LogP contribution is -2.43. The number of nitrogens with zero attached hydrogens (tertiary/aromatic N) is 3. The highest BCUT2D eigenvalue weighted by molar-refractivity contribution is 14.0. The molecule has 1 saturated carbocycles. The number of hydrogen-bond donors (Lipinski definition) is 2. The fourth-order valence-electron chi connectivity index (χ4n) is 4.22. The zero-order valence-electron chi connectivity index (χ0n) is 17.3. The highest BCUT2D eigenvalue weighted by Gasteiger charge is 2.33. The summed E-state index contributed by atoms with van der Waals surface area (Å²) in [6.07, 6.45) is 9.90. The van der Waals surface area contributed by atoms with Crippen LogP contribution in [-0.4, -0.2) is 57.9 Å². The van der Waals surface area contributed by atoms with Gasteiger partial charge in [0.25, 0.3) is 0 Å². The Morgan fingerprint density at radius 2 is 2.00 bits per heavy atom. The molecule has 0 bridgehead atoms. The van der Waals surface area contributed by atoms with Gasteiger partial charge in [-0.05, 0) is 37.5 Å². The zero-order chi connectivity index (χ0) is 19.0. The molecule has 2 heterocycles. The van der Waals surface area contributed by atoms with Gasteiger partial charge in [-0.3, -0.25) is 4.99 Å². The lowest BCUT2D eigenvalue weighted by molar-refractivity contribution is 0.138. The van der Waals surface area contributed by atoms with E-state index in [1.807, 2.05) is 7.05 Å². The van der Waals surface area contributed by atoms with Gasteiger partial charge < -0.3 is 20.3 Å². The number of hydrogen-bond acceptors (Lipinski definition) is 5. The molecule has 0 aromatic carbocycles. The SMILES string of the molecule is CN=C(NCCc1csc(N2CCCC2)n1)NCC1(CCOC)CCCC1.I. The number of aromatic nitrogens is 1.